The molecule has 1 aromatic carbocycles. The molecule has 0 aliphatic rings. The molecule has 0 saturated heterocycles. The lowest BCUT2D eigenvalue weighted by molar-refractivity contribution is -0.131. The molecule has 3 rings (SSSR count). The minimum absolute atomic E-state index is 0.278. The van der Waals surface area contributed by atoms with Crippen molar-refractivity contribution >= 4 is 17.1 Å². The van der Waals surface area contributed by atoms with Crippen molar-refractivity contribution in [1.82, 2.24) is 23.6 Å². The molecule has 0 atom stereocenters. The third-order valence-corrected chi connectivity index (χ3v) is 4.64. The van der Waals surface area contributed by atoms with Crippen molar-refractivity contribution in [1.29, 1.82) is 0 Å². The van der Waals surface area contributed by atoms with Gasteiger partial charge in [0.25, 0.3) is 5.56 Å². The van der Waals surface area contributed by atoms with Gasteiger partial charge in [0.2, 0.25) is 5.91 Å². The zero-order valence-corrected chi connectivity index (χ0v) is 16.4. The summed E-state index contributed by atoms with van der Waals surface area (Å²) >= 11 is 0. The summed E-state index contributed by atoms with van der Waals surface area (Å²) in [6, 6.07) is 7.62. The summed E-state index contributed by atoms with van der Waals surface area (Å²) in [7, 11) is 4.80. The lowest BCUT2D eigenvalue weighted by atomic mass is 10.2. The van der Waals surface area contributed by atoms with Crippen LogP contribution >= 0.6 is 0 Å². The van der Waals surface area contributed by atoms with Gasteiger partial charge < -0.3 is 14.2 Å². The first-order valence-corrected chi connectivity index (χ1v) is 8.84. The molecule has 0 N–H and O–H groups in total. The number of aryl methyl sites for hydroxylation is 3. The third kappa shape index (κ3) is 3.68. The summed E-state index contributed by atoms with van der Waals surface area (Å²) in [4.78, 5) is 43.2. The van der Waals surface area contributed by atoms with Crippen LogP contribution in [0.4, 0.5) is 0 Å². The average molecular weight is 385 g/mol. The number of hydrogen-bond acceptors (Lipinski definition) is 5. The first-order chi connectivity index (χ1) is 13.3. The normalized spacial score (nSPS) is 11.0. The van der Waals surface area contributed by atoms with Crippen molar-refractivity contribution < 1.29 is 9.53 Å². The molecule has 0 spiro atoms. The standard InChI is InChI=1S/C19H23N5O4/c1-13-5-7-14(8-6-13)28-10-9-21(2)15(25)11-24-18(26)16-17(20-12-22(16)3)23(4)19(24)27/h5-8,12H,9-11H2,1-4H3. The van der Waals surface area contributed by atoms with Gasteiger partial charge in [0, 0.05) is 21.1 Å². The highest BCUT2D eigenvalue weighted by Crippen LogP contribution is 2.11. The Hall–Kier alpha value is -3.36. The van der Waals surface area contributed by atoms with E-state index in [9.17, 15) is 14.4 Å². The van der Waals surface area contributed by atoms with Crippen LogP contribution in [0.15, 0.2) is 40.2 Å². The van der Waals surface area contributed by atoms with Crippen LogP contribution in [-0.2, 0) is 25.4 Å². The highest BCUT2D eigenvalue weighted by molar-refractivity contribution is 5.76. The topological polar surface area (TPSA) is 91.4 Å². The number of ether oxygens (including phenoxy) is 1. The van der Waals surface area contributed by atoms with Gasteiger partial charge >= 0.3 is 5.69 Å². The van der Waals surface area contributed by atoms with Crippen molar-refractivity contribution in [3.05, 3.63) is 57.0 Å². The molecule has 1 amide bonds. The van der Waals surface area contributed by atoms with Crippen molar-refractivity contribution in [3.8, 4) is 5.75 Å². The Morgan fingerprint density at radius 1 is 1.18 bits per heavy atom. The summed E-state index contributed by atoms with van der Waals surface area (Å²) in [5.74, 6) is 0.367. The fourth-order valence-electron chi connectivity index (χ4n) is 2.85. The second-order valence-electron chi connectivity index (χ2n) is 6.74. The van der Waals surface area contributed by atoms with E-state index in [0.717, 1.165) is 15.9 Å². The largest absolute Gasteiger partial charge is 0.492 e. The number of hydrogen-bond donors (Lipinski definition) is 0. The Balaban J connectivity index is 1.70. The second-order valence-corrected chi connectivity index (χ2v) is 6.74. The van der Waals surface area contributed by atoms with Gasteiger partial charge in [-0.25, -0.2) is 14.3 Å². The highest BCUT2D eigenvalue weighted by Gasteiger charge is 2.18. The van der Waals surface area contributed by atoms with E-state index in [4.69, 9.17) is 4.74 Å². The number of nitrogens with zero attached hydrogens (tertiary/aromatic N) is 5. The van der Waals surface area contributed by atoms with E-state index >= 15 is 0 Å². The molecular formula is C19H23N5O4. The van der Waals surface area contributed by atoms with Gasteiger partial charge in [-0.2, -0.15) is 0 Å². The van der Waals surface area contributed by atoms with Crippen LogP contribution < -0.4 is 16.0 Å². The number of likely N-dealkylation sites (N-methyl/N-ethyl adjacent to an activating group) is 1. The molecular weight excluding hydrogens is 362 g/mol. The molecule has 0 aliphatic carbocycles. The number of fused-ring (bicyclic) bond motifs is 1. The van der Waals surface area contributed by atoms with Crippen molar-refractivity contribution in [2.24, 2.45) is 14.1 Å². The van der Waals surface area contributed by atoms with Gasteiger partial charge in [0.05, 0.1) is 12.9 Å². The number of amides is 1. The van der Waals surface area contributed by atoms with Gasteiger partial charge in [-0.15, -0.1) is 0 Å². The van der Waals surface area contributed by atoms with E-state index in [1.807, 2.05) is 31.2 Å². The minimum Gasteiger partial charge on any atom is -0.492 e. The fourth-order valence-corrected chi connectivity index (χ4v) is 2.85. The number of aromatic nitrogens is 4. The summed E-state index contributed by atoms with van der Waals surface area (Å²) in [5, 5.41) is 0. The van der Waals surface area contributed by atoms with Crippen LogP contribution in [0.2, 0.25) is 0 Å². The third-order valence-electron chi connectivity index (χ3n) is 4.64. The predicted molar refractivity (Wildman–Crippen MR) is 105 cm³/mol. The van der Waals surface area contributed by atoms with Crippen LogP contribution in [0, 0.1) is 6.92 Å². The van der Waals surface area contributed by atoms with Gasteiger partial charge in [0.1, 0.15) is 18.9 Å². The molecule has 0 unspecified atom stereocenters. The Morgan fingerprint density at radius 3 is 2.54 bits per heavy atom. The van der Waals surface area contributed by atoms with Gasteiger partial charge in [-0.1, -0.05) is 17.7 Å². The Bertz CT molecular complexity index is 1120. The SMILES string of the molecule is Cc1ccc(OCCN(C)C(=O)Cn2c(=O)c3c(ncn3C)n(C)c2=O)cc1. The minimum atomic E-state index is -0.575. The van der Waals surface area contributed by atoms with Gasteiger partial charge in [-0.05, 0) is 19.1 Å². The van der Waals surface area contributed by atoms with Crippen molar-refractivity contribution in [3.63, 3.8) is 0 Å². The quantitative estimate of drug-likeness (QED) is 0.608. The second kappa shape index (κ2) is 7.71. The Morgan fingerprint density at radius 2 is 1.86 bits per heavy atom. The van der Waals surface area contributed by atoms with E-state index in [2.05, 4.69) is 4.98 Å². The maximum absolute atomic E-state index is 12.7. The summed E-state index contributed by atoms with van der Waals surface area (Å²) in [6.45, 7) is 2.29. The lowest BCUT2D eigenvalue weighted by Gasteiger charge is -2.18. The first kappa shape index (κ1) is 19.4. The predicted octanol–water partition coefficient (Wildman–Crippen LogP) is 0.280. The molecule has 148 valence electrons. The van der Waals surface area contributed by atoms with E-state index < -0.39 is 11.2 Å². The maximum Gasteiger partial charge on any atom is 0.332 e. The highest BCUT2D eigenvalue weighted by atomic mass is 16.5. The van der Waals surface area contributed by atoms with E-state index in [1.54, 1.807) is 14.1 Å². The smallest absolute Gasteiger partial charge is 0.332 e. The zero-order valence-electron chi connectivity index (χ0n) is 16.4. The van der Waals surface area contributed by atoms with Crippen molar-refractivity contribution in [2.45, 2.75) is 13.5 Å². The molecule has 9 heteroatoms. The molecule has 28 heavy (non-hydrogen) atoms. The molecule has 2 heterocycles. The number of rotatable bonds is 6. The fraction of sp³-hybridized carbons (Fsp3) is 0.368. The van der Waals surface area contributed by atoms with E-state index in [0.29, 0.717) is 18.8 Å². The monoisotopic (exact) mass is 385 g/mol. The molecule has 0 aliphatic heterocycles. The Labute approximate surface area is 161 Å². The van der Waals surface area contributed by atoms with Crippen LogP contribution in [0.5, 0.6) is 5.75 Å². The molecule has 2 aromatic heterocycles. The van der Waals surface area contributed by atoms with Crippen molar-refractivity contribution in [2.75, 3.05) is 20.2 Å². The van der Waals surface area contributed by atoms with Crippen LogP contribution in [0.3, 0.4) is 0 Å². The summed E-state index contributed by atoms with van der Waals surface area (Å²) in [6.07, 6.45) is 1.46. The number of imidazole rings is 1. The zero-order chi connectivity index (χ0) is 20.4. The molecule has 0 bridgehead atoms. The average Bonchev–Trinajstić information content (AvgIpc) is 3.06. The molecule has 0 saturated carbocycles. The molecule has 9 nitrogen and oxygen atoms in total. The van der Waals surface area contributed by atoms with E-state index in [-0.39, 0.29) is 18.0 Å². The number of carbonyl (C=O) groups is 1. The van der Waals surface area contributed by atoms with Crippen LogP contribution in [-0.4, -0.2) is 49.7 Å². The van der Waals surface area contributed by atoms with E-state index in [1.165, 1.54) is 27.4 Å². The number of benzene rings is 1. The summed E-state index contributed by atoms with van der Waals surface area (Å²) < 4.78 is 9.36. The molecule has 3 aromatic rings. The van der Waals surface area contributed by atoms with Gasteiger partial charge in [-0.3, -0.25) is 14.2 Å². The van der Waals surface area contributed by atoms with Gasteiger partial charge in [0.15, 0.2) is 11.2 Å². The maximum atomic E-state index is 12.7. The first-order valence-electron chi connectivity index (χ1n) is 8.84. The number of carbonyl (C=O) groups excluding carboxylic acids is 1. The van der Waals surface area contributed by atoms with Crippen LogP contribution in [0.1, 0.15) is 5.56 Å². The van der Waals surface area contributed by atoms with Crippen LogP contribution in [0.25, 0.3) is 11.2 Å². The Kier molecular flexibility index (Phi) is 5.34. The summed E-state index contributed by atoms with van der Waals surface area (Å²) in [5.41, 5.74) is 0.600. The molecule has 0 fully saturated rings. The molecule has 0 radical (unpaired) electrons. The lowest BCUT2D eigenvalue weighted by Crippen LogP contribution is -2.44.